The zero-order valence-corrected chi connectivity index (χ0v) is 14.7. The maximum atomic E-state index is 12.9. The number of rotatable bonds is 4. The van der Waals surface area contributed by atoms with Crippen molar-refractivity contribution in [3.63, 3.8) is 0 Å². The highest BCUT2D eigenvalue weighted by molar-refractivity contribution is 7.98. The van der Waals surface area contributed by atoms with Gasteiger partial charge in [0.2, 0.25) is 11.7 Å². The van der Waals surface area contributed by atoms with Crippen LogP contribution in [0.1, 0.15) is 39.6 Å². The standard InChI is InChI=1S/C16H15ClN2O4S/c1-3-19-16(22)9(7-18-19)13(21)8-6-10(17)14-12(15(8)24-2)11(20)4-5-23-14/h6-7,22H,3-5H2,1-2H3. The second-order valence-corrected chi connectivity index (χ2v) is 6.42. The van der Waals surface area contributed by atoms with Gasteiger partial charge in [-0.3, -0.25) is 9.59 Å². The van der Waals surface area contributed by atoms with Gasteiger partial charge >= 0.3 is 0 Å². The Kier molecular flexibility index (Phi) is 4.56. The summed E-state index contributed by atoms with van der Waals surface area (Å²) in [5.41, 5.74) is 0.676. The van der Waals surface area contributed by atoms with E-state index >= 15 is 0 Å². The number of hydrogen-bond donors (Lipinski definition) is 1. The Labute approximate surface area is 147 Å². The second-order valence-electron chi connectivity index (χ2n) is 5.19. The van der Waals surface area contributed by atoms with Crippen molar-refractivity contribution in [2.24, 2.45) is 0 Å². The highest BCUT2D eigenvalue weighted by atomic mass is 35.5. The first-order valence-electron chi connectivity index (χ1n) is 7.35. The molecule has 1 aromatic heterocycles. The summed E-state index contributed by atoms with van der Waals surface area (Å²) in [6.07, 6.45) is 3.34. The quantitative estimate of drug-likeness (QED) is 0.661. The number of nitrogens with zero attached hydrogens (tertiary/aromatic N) is 2. The van der Waals surface area contributed by atoms with Crippen LogP contribution in [0.4, 0.5) is 0 Å². The largest absolute Gasteiger partial charge is 0.493 e. The normalized spacial score (nSPS) is 13.5. The third-order valence-corrected chi connectivity index (χ3v) is 4.96. The van der Waals surface area contributed by atoms with Crippen molar-refractivity contribution in [3.05, 3.63) is 34.0 Å². The van der Waals surface area contributed by atoms with Gasteiger partial charge in [-0.05, 0) is 19.2 Å². The summed E-state index contributed by atoms with van der Waals surface area (Å²) in [5.74, 6) is -0.418. The van der Waals surface area contributed by atoms with E-state index in [0.717, 1.165) is 0 Å². The van der Waals surface area contributed by atoms with E-state index in [-0.39, 0.29) is 40.8 Å². The minimum absolute atomic E-state index is 0.0762. The lowest BCUT2D eigenvalue weighted by atomic mass is 9.98. The van der Waals surface area contributed by atoms with Crippen molar-refractivity contribution in [2.75, 3.05) is 12.9 Å². The Morgan fingerprint density at radius 3 is 2.88 bits per heavy atom. The van der Waals surface area contributed by atoms with Gasteiger partial charge in [0.15, 0.2) is 5.78 Å². The molecule has 24 heavy (non-hydrogen) atoms. The molecule has 2 heterocycles. The topological polar surface area (TPSA) is 81.4 Å². The maximum absolute atomic E-state index is 12.9. The van der Waals surface area contributed by atoms with Crippen molar-refractivity contribution in [2.45, 2.75) is 24.8 Å². The van der Waals surface area contributed by atoms with E-state index < -0.39 is 5.78 Å². The number of carbonyl (C=O) groups is 2. The third kappa shape index (κ3) is 2.57. The summed E-state index contributed by atoms with van der Waals surface area (Å²) in [6, 6.07) is 1.48. The molecule has 0 spiro atoms. The number of thioether (sulfide) groups is 1. The van der Waals surface area contributed by atoms with Crippen LogP contribution in [0.15, 0.2) is 17.2 Å². The fourth-order valence-corrected chi connectivity index (χ4v) is 3.72. The molecule has 0 bridgehead atoms. The lowest BCUT2D eigenvalue weighted by Crippen LogP contribution is -2.18. The minimum atomic E-state index is -0.431. The molecule has 8 heteroatoms. The molecular formula is C16H15ClN2O4S. The first kappa shape index (κ1) is 16.9. The Balaban J connectivity index is 2.19. The van der Waals surface area contributed by atoms with Gasteiger partial charge in [0, 0.05) is 23.4 Å². The Bertz CT molecular complexity index is 847. The summed E-state index contributed by atoms with van der Waals surface area (Å²) < 4.78 is 6.83. The smallest absolute Gasteiger partial charge is 0.220 e. The number of hydrogen-bond acceptors (Lipinski definition) is 6. The van der Waals surface area contributed by atoms with Crippen LogP contribution in [0.25, 0.3) is 0 Å². The average Bonchev–Trinajstić information content (AvgIpc) is 2.95. The number of carbonyl (C=O) groups excluding carboxylic acids is 2. The highest BCUT2D eigenvalue weighted by Gasteiger charge is 2.30. The molecule has 1 aromatic carbocycles. The highest BCUT2D eigenvalue weighted by Crippen LogP contribution is 2.42. The van der Waals surface area contributed by atoms with Gasteiger partial charge in [-0.15, -0.1) is 11.8 Å². The van der Waals surface area contributed by atoms with Gasteiger partial charge in [0.05, 0.1) is 23.4 Å². The van der Waals surface area contributed by atoms with Gasteiger partial charge in [0.25, 0.3) is 0 Å². The van der Waals surface area contributed by atoms with E-state index in [2.05, 4.69) is 5.10 Å². The molecule has 126 valence electrons. The SMILES string of the molecule is CCn1ncc(C(=O)c2cc(Cl)c3c(c2SC)C(=O)CCO3)c1O. The molecule has 1 aliphatic heterocycles. The van der Waals surface area contributed by atoms with Crippen molar-refractivity contribution < 1.29 is 19.4 Å². The number of ketones is 2. The van der Waals surface area contributed by atoms with Gasteiger partial charge < -0.3 is 9.84 Å². The molecular weight excluding hydrogens is 352 g/mol. The van der Waals surface area contributed by atoms with Crippen molar-refractivity contribution in [1.82, 2.24) is 9.78 Å². The fourth-order valence-electron chi connectivity index (χ4n) is 2.68. The van der Waals surface area contributed by atoms with Crippen molar-refractivity contribution in [3.8, 4) is 11.6 Å². The number of aryl methyl sites for hydroxylation is 1. The summed E-state index contributed by atoms with van der Waals surface area (Å²) in [6.45, 7) is 2.52. The molecule has 6 nitrogen and oxygen atoms in total. The predicted molar refractivity (Wildman–Crippen MR) is 90.7 cm³/mol. The summed E-state index contributed by atoms with van der Waals surface area (Å²) >= 11 is 7.50. The van der Waals surface area contributed by atoms with E-state index in [1.54, 1.807) is 13.2 Å². The van der Waals surface area contributed by atoms with E-state index in [9.17, 15) is 14.7 Å². The molecule has 2 aromatic rings. The first-order chi connectivity index (χ1) is 11.5. The van der Waals surface area contributed by atoms with Crippen LogP contribution >= 0.6 is 23.4 Å². The molecule has 3 rings (SSSR count). The van der Waals surface area contributed by atoms with E-state index in [0.29, 0.717) is 22.8 Å². The van der Waals surface area contributed by atoms with Crippen LogP contribution in [-0.4, -0.2) is 39.3 Å². The number of fused-ring (bicyclic) bond motifs is 1. The monoisotopic (exact) mass is 366 g/mol. The molecule has 0 aliphatic carbocycles. The van der Waals surface area contributed by atoms with Crippen molar-refractivity contribution in [1.29, 1.82) is 0 Å². The molecule has 0 fully saturated rings. The number of aromatic nitrogens is 2. The van der Waals surface area contributed by atoms with E-state index in [1.807, 2.05) is 0 Å². The predicted octanol–water partition coefficient (Wildman–Crippen LogP) is 3.18. The molecule has 0 amide bonds. The zero-order valence-electron chi connectivity index (χ0n) is 13.1. The van der Waals surface area contributed by atoms with Crippen LogP contribution in [0.3, 0.4) is 0 Å². The Hall–Kier alpha value is -1.99. The van der Waals surface area contributed by atoms with Crippen LogP contribution in [0, 0.1) is 0 Å². The van der Waals surface area contributed by atoms with Crippen molar-refractivity contribution >= 4 is 34.9 Å². The zero-order chi connectivity index (χ0) is 17.4. The number of aromatic hydroxyl groups is 1. The molecule has 1 aliphatic rings. The minimum Gasteiger partial charge on any atom is -0.493 e. The van der Waals surface area contributed by atoms with E-state index in [4.69, 9.17) is 16.3 Å². The number of Topliss-reactive ketones (excluding diaryl/α,β-unsaturated/α-hetero) is 1. The molecule has 1 N–H and O–H groups in total. The van der Waals surface area contributed by atoms with E-state index in [1.165, 1.54) is 28.7 Å². The van der Waals surface area contributed by atoms with Gasteiger partial charge in [-0.1, -0.05) is 11.6 Å². The average molecular weight is 367 g/mol. The second kappa shape index (κ2) is 6.49. The summed E-state index contributed by atoms with van der Waals surface area (Å²) in [5, 5.41) is 14.3. The lowest BCUT2D eigenvalue weighted by molar-refractivity contribution is 0.0929. The van der Waals surface area contributed by atoms with Crippen LogP contribution in [-0.2, 0) is 6.54 Å². The third-order valence-electron chi connectivity index (χ3n) is 3.85. The number of ether oxygens (including phenoxy) is 1. The molecule has 0 saturated heterocycles. The molecule has 0 atom stereocenters. The Morgan fingerprint density at radius 2 is 2.25 bits per heavy atom. The number of benzene rings is 1. The summed E-state index contributed by atoms with van der Waals surface area (Å²) in [4.78, 5) is 25.7. The van der Waals surface area contributed by atoms with Gasteiger partial charge in [0.1, 0.15) is 11.3 Å². The van der Waals surface area contributed by atoms with Gasteiger partial charge in [-0.25, -0.2) is 4.68 Å². The lowest BCUT2D eigenvalue weighted by Gasteiger charge is -2.21. The molecule has 0 radical (unpaired) electrons. The first-order valence-corrected chi connectivity index (χ1v) is 8.95. The van der Waals surface area contributed by atoms with Gasteiger partial charge in [-0.2, -0.15) is 5.10 Å². The Morgan fingerprint density at radius 1 is 1.50 bits per heavy atom. The van der Waals surface area contributed by atoms with Crippen LogP contribution in [0.2, 0.25) is 5.02 Å². The van der Waals surface area contributed by atoms with Crippen LogP contribution in [0.5, 0.6) is 11.6 Å². The summed E-state index contributed by atoms with van der Waals surface area (Å²) in [7, 11) is 0. The fraction of sp³-hybridized carbons (Fsp3) is 0.312. The number of halogens is 1. The maximum Gasteiger partial charge on any atom is 0.220 e. The molecule has 0 unspecified atom stereocenters. The molecule has 0 saturated carbocycles. The van der Waals surface area contributed by atoms with Crippen LogP contribution < -0.4 is 4.74 Å².